The highest BCUT2D eigenvalue weighted by Gasteiger charge is 2.24. The van der Waals surface area contributed by atoms with Crippen molar-refractivity contribution in [2.45, 2.75) is 6.54 Å². The predicted molar refractivity (Wildman–Crippen MR) is 81.9 cm³/mol. The van der Waals surface area contributed by atoms with E-state index in [0.717, 1.165) is 10.8 Å². The summed E-state index contributed by atoms with van der Waals surface area (Å²) in [4.78, 5) is 18.3. The Bertz CT molecular complexity index is 650. The number of rotatable bonds is 5. The van der Waals surface area contributed by atoms with Crippen molar-refractivity contribution in [2.24, 2.45) is 7.05 Å². The van der Waals surface area contributed by atoms with E-state index in [4.69, 9.17) is 15.2 Å². The van der Waals surface area contributed by atoms with Gasteiger partial charge >= 0.3 is 5.97 Å². The van der Waals surface area contributed by atoms with E-state index in [-0.39, 0.29) is 0 Å². The van der Waals surface area contributed by atoms with Crippen LogP contribution in [0.3, 0.4) is 0 Å². The second-order valence-electron chi connectivity index (χ2n) is 4.49. The molecule has 0 saturated heterocycles. The highest BCUT2D eigenvalue weighted by molar-refractivity contribution is 7.19. The lowest BCUT2D eigenvalue weighted by Crippen LogP contribution is -2.18. The molecule has 0 atom stereocenters. The average molecular weight is 310 g/mol. The van der Waals surface area contributed by atoms with Crippen LogP contribution in [0.15, 0.2) is 12.4 Å². The summed E-state index contributed by atoms with van der Waals surface area (Å²) in [6.45, 7) is 0.570. The first-order valence-electron chi connectivity index (χ1n) is 6.21. The third-order valence-corrected chi connectivity index (χ3v) is 4.38. The molecule has 0 aliphatic carbocycles. The van der Waals surface area contributed by atoms with E-state index in [9.17, 15) is 4.79 Å². The molecule has 0 amide bonds. The van der Waals surface area contributed by atoms with Crippen LogP contribution in [0.4, 0.5) is 10.7 Å². The van der Waals surface area contributed by atoms with E-state index in [1.165, 1.54) is 25.6 Å². The summed E-state index contributed by atoms with van der Waals surface area (Å²) in [5.41, 5.74) is 6.27. The van der Waals surface area contributed by atoms with Crippen LogP contribution in [0.25, 0.3) is 0 Å². The maximum absolute atomic E-state index is 11.7. The van der Waals surface area contributed by atoms with Gasteiger partial charge in [0, 0.05) is 26.5 Å². The Balaban J connectivity index is 2.34. The minimum absolute atomic E-state index is 0.302. The number of aryl methyl sites for hydroxylation is 1. The van der Waals surface area contributed by atoms with Crippen molar-refractivity contribution < 1.29 is 14.3 Å². The maximum Gasteiger partial charge on any atom is 0.350 e. The molecule has 2 N–H and O–H groups in total. The van der Waals surface area contributed by atoms with Gasteiger partial charge in [0.25, 0.3) is 0 Å². The topological polar surface area (TPSA) is 82.6 Å². The van der Waals surface area contributed by atoms with Crippen molar-refractivity contribution in [1.82, 2.24) is 9.55 Å². The SMILES string of the molecule is COC(=O)c1sc(N(C)Cc2nccn2C)c(OC)c1N. The van der Waals surface area contributed by atoms with Gasteiger partial charge in [0.1, 0.15) is 21.4 Å². The molecule has 0 aliphatic heterocycles. The lowest BCUT2D eigenvalue weighted by atomic mass is 10.3. The number of thiophene rings is 1. The third kappa shape index (κ3) is 2.80. The minimum Gasteiger partial charge on any atom is -0.492 e. The fourth-order valence-electron chi connectivity index (χ4n) is 1.94. The molecule has 7 nitrogen and oxygen atoms in total. The Hall–Kier alpha value is -2.22. The quantitative estimate of drug-likeness (QED) is 0.843. The number of methoxy groups -OCH3 is 2. The van der Waals surface area contributed by atoms with Crippen LogP contribution in [0.1, 0.15) is 15.5 Å². The second kappa shape index (κ2) is 6.04. The van der Waals surface area contributed by atoms with Crippen LogP contribution >= 0.6 is 11.3 Å². The van der Waals surface area contributed by atoms with Gasteiger partial charge in [-0.2, -0.15) is 0 Å². The van der Waals surface area contributed by atoms with E-state index >= 15 is 0 Å². The zero-order chi connectivity index (χ0) is 15.6. The number of ether oxygens (including phenoxy) is 2. The van der Waals surface area contributed by atoms with Crippen LogP contribution < -0.4 is 15.4 Å². The molecule has 21 heavy (non-hydrogen) atoms. The number of hydrogen-bond donors (Lipinski definition) is 1. The fourth-order valence-corrected chi connectivity index (χ4v) is 3.01. The standard InChI is InChI=1S/C13H18N4O3S/c1-16-6-5-15-8(16)7-17(2)12-10(19-3)9(14)11(21-12)13(18)20-4/h5-6H,7,14H2,1-4H3. The number of anilines is 2. The summed E-state index contributed by atoms with van der Waals surface area (Å²) in [6, 6.07) is 0. The highest BCUT2D eigenvalue weighted by Crippen LogP contribution is 2.44. The Labute approximate surface area is 126 Å². The number of hydrogen-bond acceptors (Lipinski definition) is 7. The molecule has 0 fully saturated rings. The normalized spacial score (nSPS) is 10.5. The highest BCUT2D eigenvalue weighted by atomic mass is 32.1. The summed E-state index contributed by atoms with van der Waals surface area (Å²) < 4.78 is 12.0. The van der Waals surface area contributed by atoms with Crippen molar-refractivity contribution in [3.05, 3.63) is 23.1 Å². The first kappa shape index (κ1) is 15.2. The average Bonchev–Trinajstić information content (AvgIpc) is 3.02. The lowest BCUT2D eigenvalue weighted by molar-refractivity contribution is 0.0607. The first-order chi connectivity index (χ1) is 9.99. The first-order valence-corrected chi connectivity index (χ1v) is 7.03. The van der Waals surface area contributed by atoms with Crippen LogP contribution in [0.5, 0.6) is 5.75 Å². The van der Waals surface area contributed by atoms with E-state index in [0.29, 0.717) is 22.9 Å². The zero-order valence-corrected chi connectivity index (χ0v) is 13.2. The Morgan fingerprint density at radius 2 is 2.24 bits per heavy atom. The van der Waals surface area contributed by atoms with Gasteiger partial charge in [-0.1, -0.05) is 0 Å². The van der Waals surface area contributed by atoms with Crippen LogP contribution in [0, 0.1) is 0 Å². The Kier molecular flexibility index (Phi) is 4.37. The number of nitrogens with two attached hydrogens (primary N) is 1. The molecule has 2 aromatic heterocycles. The van der Waals surface area contributed by atoms with Gasteiger partial charge < -0.3 is 24.7 Å². The molecule has 0 unspecified atom stereocenters. The summed E-state index contributed by atoms with van der Waals surface area (Å²) in [6.07, 6.45) is 3.62. The van der Waals surface area contributed by atoms with Gasteiger partial charge in [-0.3, -0.25) is 0 Å². The molecule has 0 bridgehead atoms. The molecule has 0 saturated carbocycles. The van der Waals surface area contributed by atoms with Crippen LogP contribution in [0.2, 0.25) is 0 Å². The minimum atomic E-state index is -0.465. The number of esters is 1. The zero-order valence-electron chi connectivity index (χ0n) is 12.4. The largest absolute Gasteiger partial charge is 0.492 e. The second-order valence-corrected chi connectivity index (χ2v) is 5.48. The monoisotopic (exact) mass is 310 g/mol. The predicted octanol–water partition coefficient (Wildman–Crippen LogP) is 1.50. The van der Waals surface area contributed by atoms with E-state index < -0.39 is 5.97 Å². The van der Waals surface area contributed by atoms with Crippen molar-refractivity contribution in [1.29, 1.82) is 0 Å². The molecule has 114 valence electrons. The Morgan fingerprint density at radius 1 is 1.52 bits per heavy atom. The number of carbonyl (C=O) groups is 1. The third-order valence-electron chi connectivity index (χ3n) is 3.10. The summed E-state index contributed by atoms with van der Waals surface area (Å²) >= 11 is 1.24. The van der Waals surface area contributed by atoms with E-state index in [2.05, 4.69) is 4.98 Å². The fraction of sp³-hybridized carbons (Fsp3) is 0.385. The van der Waals surface area contributed by atoms with E-state index in [1.807, 2.05) is 29.8 Å². The molecule has 0 aliphatic rings. The summed E-state index contributed by atoms with van der Waals surface area (Å²) in [5.74, 6) is 0.913. The molecular formula is C13H18N4O3S. The molecule has 2 rings (SSSR count). The smallest absolute Gasteiger partial charge is 0.350 e. The molecule has 2 aromatic rings. The van der Waals surface area contributed by atoms with Crippen molar-refractivity contribution in [3.8, 4) is 5.75 Å². The van der Waals surface area contributed by atoms with Crippen molar-refractivity contribution >= 4 is 28.0 Å². The van der Waals surface area contributed by atoms with Gasteiger partial charge in [-0.05, 0) is 0 Å². The van der Waals surface area contributed by atoms with Crippen LogP contribution in [-0.2, 0) is 18.3 Å². The van der Waals surface area contributed by atoms with Gasteiger partial charge in [0.05, 0.1) is 20.8 Å². The van der Waals surface area contributed by atoms with E-state index in [1.54, 1.807) is 6.20 Å². The van der Waals surface area contributed by atoms with Gasteiger partial charge in [-0.15, -0.1) is 11.3 Å². The molecule has 2 heterocycles. The maximum atomic E-state index is 11.7. The van der Waals surface area contributed by atoms with Gasteiger partial charge in [-0.25, -0.2) is 9.78 Å². The molecule has 8 heteroatoms. The number of nitrogens with zero attached hydrogens (tertiary/aromatic N) is 3. The molecule has 0 radical (unpaired) electrons. The number of imidazole rings is 1. The van der Waals surface area contributed by atoms with Gasteiger partial charge in [0.2, 0.25) is 0 Å². The van der Waals surface area contributed by atoms with Crippen LogP contribution in [-0.4, -0.2) is 36.8 Å². The molecule has 0 spiro atoms. The van der Waals surface area contributed by atoms with Gasteiger partial charge in [0.15, 0.2) is 5.75 Å². The van der Waals surface area contributed by atoms with Crippen molar-refractivity contribution in [2.75, 3.05) is 31.9 Å². The summed E-state index contributed by atoms with van der Waals surface area (Å²) in [7, 11) is 6.67. The van der Waals surface area contributed by atoms with Crippen molar-refractivity contribution in [3.63, 3.8) is 0 Å². The number of nitrogen functional groups attached to an aromatic ring is 1. The summed E-state index contributed by atoms with van der Waals surface area (Å²) in [5, 5.41) is 0.762. The molecular weight excluding hydrogens is 292 g/mol. The number of aromatic nitrogens is 2. The molecule has 0 aromatic carbocycles. The lowest BCUT2D eigenvalue weighted by Gasteiger charge is -2.18. The Morgan fingerprint density at radius 3 is 2.76 bits per heavy atom. The number of carbonyl (C=O) groups excluding carboxylic acids is 1.